The molecule has 0 heterocycles. The van der Waals surface area contributed by atoms with Gasteiger partial charge in [-0.25, -0.2) is 0 Å². The van der Waals surface area contributed by atoms with E-state index in [0.29, 0.717) is 13.2 Å². The van der Waals surface area contributed by atoms with E-state index in [1.807, 2.05) is 24.3 Å². The molecule has 0 unspecified atom stereocenters. The van der Waals surface area contributed by atoms with Crippen LogP contribution in [-0.4, -0.2) is 13.2 Å². The predicted molar refractivity (Wildman–Crippen MR) is 111 cm³/mol. The molecule has 2 aromatic carbocycles. The van der Waals surface area contributed by atoms with E-state index in [-0.39, 0.29) is 0 Å². The molecule has 0 aliphatic heterocycles. The van der Waals surface area contributed by atoms with E-state index in [1.54, 1.807) is 12.2 Å². The van der Waals surface area contributed by atoms with Crippen LogP contribution in [0.2, 0.25) is 0 Å². The van der Waals surface area contributed by atoms with E-state index in [9.17, 15) is 0 Å². The van der Waals surface area contributed by atoms with E-state index in [1.165, 1.54) is 5.56 Å². The Balaban J connectivity index is 2.49. The fourth-order valence-corrected chi connectivity index (χ4v) is 2.72. The summed E-state index contributed by atoms with van der Waals surface area (Å²) in [7, 11) is 0. The highest BCUT2D eigenvalue weighted by molar-refractivity contribution is 5.73. The molecule has 0 aliphatic carbocycles. The maximum absolute atomic E-state index is 5.86. The van der Waals surface area contributed by atoms with Gasteiger partial charge in [0.25, 0.3) is 0 Å². The second-order valence-corrected chi connectivity index (χ2v) is 5.84. The summed E-state index contributed by atoms with van der Waals surface area (Å²) < 4.78 is 11.6. The molecule has 134 valence electrons. The number of allylic oxidation sites excluding steroid dienone is 2. The molecule has 0 radical (unpaired) electrons. The molecule has 0 spiro atoms. The lowest BCUT2D eigenvalue weighted by Gasteiger charge is -2.15. The van der Waals surface area contributed by atoms with Crippen LogP contribution < -0.4 is 9.47 Å². The van der Waals surface area contributed by atoms with Crippen LogP contribution >= 0.6 is 0 Å². The Morgan fingerprint density at radius 1 is 0.692 bits per heavy atom. The molecule has 0 N–H and O–H groups in total. The minimum Gasteiger partial charge on any atom is -0.489 e. The standard InChI is InChI=1S/C24H26O2/c1-5-9-19-11-13-24(26-16-8-4)22(17-19)20-12-14-23(25-15-7-3)21(18-20)10-6-2/h5-8,11-14,17-18H,1-4,9-10,15-16H2. The summed E-state index contributed by atoms with van der Waals surface area (Å²) in [4.78, 5) is 0. The van der Waals surface area contributed by atoms with Crippen LogP contribution in [0.5, 0.6) is 11.5 Å². The molecule has 0 aromatic heterocycles. The number of hydrogen-bond donors (Lipinski definition) is 0. The van der Waals surface area contributed by atoms with Crippen LogP contribution in [0.25, 0.3) is 11.1 Å². The Kier molecular flexibility index (Phi) is 7.50. The molecule has 0 saturated heterocycles. The first-order valence-corrected chi connectivity index (χ1v) is 8.68. The lowest BCUT2D eigenvalue weighted by molar-refractivity contribution is 0.359. The summed E-state index contributed by atoms with van der Waals surface area (Å²) in [5, 5.41) is 0. The largest absolute Gasteiger partial charge is 0.489 e. The maximum atomic E-state index is 5.86. The van der Waals surface area contributed by atoms with Gasteiger partial charge in [0.2, 0.25) is 0 Å². The molecule has 26 heavy (non-hydrogen) atoms. The van der Waals surface area contributed by atoms with Gasteiger partial charge in [-0.2, -0.15) is 0 Å². The van der Waals surface area contributed by atoms with E-state index in [0.717, 1.165) is 41.0 Å². The van der Waals surface area contributed by atoms with Gasteiger partial charge in [-0.1, -0.05) is 49.6 Å². The van der Waals surface area contributed by atoms with Crippen LogP contribution in [-0.2, 0) is 12.8 Å². The first kappa shape index (κ1) is 19.3. The van der Waals surface area contributed by atoms with Gasteiger partial charge < -0.3 is 9.47 Å². The SMILES string of the molecule is C=CCOc1ccc(-c2cc(CC=C)ccc2OCC=C)cc1CC=C. The molecule has 2 heteroatoms. The molecule has 0 atom stereocenters. The average molecular weight is 346 g/mol. The van der Waals surface area contributed by atoms with Crippen molar-refractivity contribution < 1.29 is 9.47 Å². The quantitative estimate of drug-likeness (QED) is 0.469. The van der Waals surface area contributed by atoms with Crippen molar-refractivity contribution in [1.82, 2.24) is 0 Å². The molecular formula is C24H26O2. The van der Waals surface area contributed by atoms with Gasteiger partial charge in [-0.05, 0) is 53.8 Å². The zero-order chi connectivity index (χ0) is 18.8. The Bertz CT molecular complexity index is 787. The van der Waals surface area contributed by atoms with Crippen molar-refractivity contribution >= 4 is 0 Å². The van der Waals surface area contributed by atoms with Gasteiger partial charge in [0.05, 0.1) is 0 Å². The van der Waals surface area contributed by atoms with Crippen molar-refractivity contribution in [1.29, 1.82) is 0 Å². The normalized spacial score (nSPS) is 10.0. The topological polar surface area (TPSA) is 18.5 Å². The van der Waals surface area contributed by atoms with Gasteiger partial charge in [0, 0.05) is 5.56 Å². The Morgan fingerprint density at radius 2 is 1.35 bits per heavy atom. The minimum atomic E-state index is 0.466. The molecule has 2 aromatic rings. The lowest BCUT2D eigenvalue weighted by atomic mass is 9.97. The summed E-state index contributed by atoms with van der Waals surface area (Å²) >= 11 is 0. The fourth-order valence-electron chi connectivity index (χ4n) is 2.72. The molecule has 0 bridgehead atoms. The minimum absolute atomic E-state index is 0.466. The van der Waals surface area contributed by atoms with Gasteiger partial charge in [-0.15, -0.1) is 13.2 Å². The highest BCUT2D eigenvalue weighted by Crippen LogP contribution is 2.34. The third kappa shape index (κ3) is 5.00. The third-order valence-electron chi connectivity index (χ3n) is 3.87. The summed E-state index contributed by atoms with van der Waals surface area (Å²) in [6.45, 7) is 16.1. The molecule has 0 fully saturated rings. The monoisotopic (exact) mass is 346 g/mol. The summed E-state index contributed by atoms with van der Waals surface area (Å²) in [5.74, 6) is 1.69. The van der Waals surface area contributed by atoms with Gasteiger partial charge in [-0.3, -0.25) is 0 Å². The summed E-state index contributed by atoms with van der Waals surface area (Å²) in [6.07, 6.45) is 8.81. The molecule has 0 saturated carbocycles. The molecule has 2 rings (SSSR count). The first-order chi connectivity index (χ1) is 12.7. The van der Waals surface area contributed by atoms with E-state index in [4.69, 9.17) is 9.47 Å². The third-order valence-corrected chi connectivity index (χ3v) is 3.87. The number of ether oxygens (including phenoxy) is 2. The molecule has 0 aliphatic rings. The fraction of sp³-hybridized carbons (Fsp3) is 0.167. The van der Waals surface area contributed by atoms with Crippen molar-refractivity contribution in [3.8, 4) is 22.6 Å². The van der Waals surface area contributed by atoms with E-state index < -0.39 is 0 Å². The Morgan fingerprint density at radius 3 is 2.00 bits per heavy atom. The van der Waals surface area contributed by atoms with Gasteiger partial charge in [0.15, 0.2) is 0 Å². The predicted octanol–water partition coefficient (Wildman–Crippen LogP) is 5.94. The van der Waals surface area contributed by atoms with Gasteiger partial charge in [0.1, 0.15) is 24.7 Å². The first-order valence-electron chi connectivity index (χ1n) is 8.68. The van der Waals surface area contributed by atoms with Crippen LogP contribution in [0.4, 0.5) is 0 Å². The van der Waals surface area contributed by atoms with Crippen LogP contribution in [0.3, 0.4) is 0 Å². The molecule has 0 amide bonds. The smallest absolute Gasteiger partial charge is 0.127 e. The highest BCUT2D eigenvalue weighted by Gasteiger charge is 2.11. The zero-order valence-electron chi connectivity index (χ0n) is 15.2. The number of benzene rings is 2. The van der Waals surface area contributed by atoms with Gasteiger partial charge >= 0.3 is 0 Å². The van der Waals surface area contributed by atoms with Crippen LogP contribution in [0.15, 0.2) is 87.0 Å². The zero-order valence-corrected chi connectivity index (χ0v) is 15.2. The number of rotatable bonds is 11. The van der Waals surface area contributed by atoms with Crippen molar-refractivity contribution in [2.75, 3.05) is 13.2 Å². The molecular weight excluding hydrogens is 320 g/mol. The second-order valence-electron chi connectivity index (χ2n) is 5.84. The van der Waals surface area contributed by atoms with Crippen molar-refractivity contribution in [2.24, 2.45) is 0 Å². The van der Waals surface area contributed by atoms with Crippen LogP contribution in [0, 0.1) is 0 Å². The van der Waals surface area contributed by atoms with E-state index in [2.05, 4.69) is 50.6 Å². The van der Waals surface area contributed by atoms with Crippen molar-refractivity contribution in [3.05, 3.63) is 98.1 Å². The molecule has 2 nitrogen and oxygen atoms in total. The second kappa shape index (κ2) is 10.1. The van der Waals surface area contributed by atoms with Crippen molar-refractivity contribution in [3.63, 3.8) is 0 Å². The van der Waals surface area contributed by atoms with Crippen molar-refractivity contribution in [2.45, 2.75) is 12.8 Å². The maximum Gasteiger partial charge on any atom is 0.127 e. The summed E-state index contributed by atoms with van der Waals surface area (Å²) in [6, 6.07) is 12.4. The summed E-state index contributed by atoms with van der Waals surface area (Å²) in [5.41, 5.74) is 4.41. The Hall–Kier alpha value is -3.00. The van der Waals surface area contributed by atoms with E-state index >= 15 is 0 Å². The number of hydrogen-bond acceptors (Lipinski definition) is 2. The highest BCUT2D eigenvalue weighted by atomic mass is 16.5. The Labute approximate surface area is 156 Å². The van der Waals surface area contributed by atoms with Crippen LogP contribution in [0.1, 0.15) is 11.1 Å². The lowest BCUT2D eigenvalue weighted by Crippen LogP contribution is -1.99. The average Bonchev–Trinajstić information content (AvgIpc) is 2.66.